The van der Waals surface area contributed by atoms with Gasteiger partial charge in [-0.05, 0) is 304 Å². The first kappa shape index (κ1) is 72.7. The van der Waals surface area contributed by atoms with Crippen LogP contribution in [0.2, 0.25) is 0 Å². The van der Waals surface area contributed by atoms with E-state index in [4.69, 9.17) is 0 Å². The molecule has 0 heterocycles. The summed E-state index contributed by atoms with van der Waals surface area (Å²) in [6.45, 7) is 4.35. The van der Waals surface area contributed by atoms with Crippen LogP contribution in [0.25, 0.3) is 181 Å². The number of hydrogen-bond donors (Lipinski definition) is 0. The number of hydrogen-bond acceptors (Lipinski definition) is 0. The van der Waals surface area contributed by atoms with Crippen molar-refractivity contribution >= 4 is 70.2 Å². The second kappa shape index (κ2) is 26.3. The zero-order valence-corrected chi connectivity index (χ0v) is 70.7. The Morgan fingerprint density at radius 1 is 0.233 bits per heavy atom. The highest BCUT2D eigenvalue weighted by molar-refractivity contribution is 6.25. The van der Waals surface area contributed by atoms with Gasteiger partial charge in [0, 0.05) is 5.92 Å². The molecule has 1 unspecified atom stereocenters. The monoisotopic (exact) mass is 1650 g/mol. The number of fused-ring (bicyclic) bond motifs is 38. The number of halogens is 3. The van der Waals surface area contributed by atoms with E-state index in [2.05, 4.69) is 402 Å². The fourth-order valence-electron chi connectivity index (χ4n) is 26.1. The third-order valence-electron chi connectivity index (χ3n) is 30.8. The summed E-state index contributed by atoms with van der Waals surface area (Å²) in [5.41, 5.74) is 41.6. The van der Waals surface area contributed by atoms with Gasteiger partial charge in [-0.25, -0.2) is 0 Å². The maximum Gasteiger partial charge on any atom is 0.416 e. The maximum atomic E-state index is 14.6. The Kier molecular flexibility index (Phi) is 14.8. The van der Waals surface area contributed by atoms with Gasteiger partial charge in [0.15, 0.2) is 0 Å². The quantitative estimate of drug-likeness (QED) is 0.146. The second-order valence-electron chi connectivity index (χ2n) is 36.7. The summed E-state index contributed by atoms with van der Waals surface area (Å²) in [5, 5.41) is 13.8. The highest BCUT2D eigenvalue weighted by atomic mass is 19.4. The van der Waals surface area contributed by atoms with Crippen LogP contribution in [0.5, 0.6) is 0 Å². The van der Waals surface area contributed by atoms with Crippen molar-refractivity contribution in [1.82, 2.24) is 0 Å². The molecule has 0 fully saturated rings. The zero-order valence-electron chi connectivity index (χ0n) is 70.7. The molecule has 28 rings (SSSR count). The summed E-state index contributed by atoms with van der Waals surface area (Å²) in [6.07, 6.45) is 1.50. The van der Waals surface area contributed by atoms with Crippen molar-refractivity contribution in [2.45, 2.75) is 48.6 Å². The molecule has 7 aliphatic carbocycles. The van der Waals surface area contributed by atoms with Crippen molar-refractivity contribution in [2.75, 3.05) is 0 Å². The lowest BCUT2D eigenvalue weighted by Gasteiger charge is -2.39. The molecule has 0 saturated heterocycles. The molecule has 1 atom stereocenters. The molecule has 21 aromatic rings. The van der Waals surface area contributed by atoms with Gasteiger partial charge < -0.3 is 0 Å². The molecule has 0 aromatic heterocycles. The first-order valence-corrected chi connectivity index (χ1v) is 45.2. The Balaban J connectivity index is 0.814. The van der Waals surface area contributed by atoms with Crippen LogP contribution in [0.15, 0.2) is 418 Å². The van der Waals surface area contributed by atoms with Gasteiger partial charge in [-0.2, -0.15) is 13.2 Å². The molecule has 0 N–H and O–H groups in total. The third-order valence-corrected chi connectivity index (χ3v) is 30.8. The summed E-state index contributed by atoms with van der Waals surface area (Å²) in [7, 11) is 0. The molecule has 3 spiro atoms. The number of allylic oxidation sites excluding steroid dienone is 4. The van der Waals surface area contributed by atoms with E-state index in [9.17, 15) is 13.2 Å². The van der Waals surface area contributed by atoms with Gasteiger partial charge in [0.1, 0.15) is 0 Å². The first-order valence-electron chi connectivity index (χ1n) is 45.2. The molecule has 7 aliphatic rings. The lowest BCUT2D eigenvalue weighted by molar-refractivity contribution is -0.137. The normalized spacial score (nSPS) is 15.3. The summed E-state index contributed by atoms with van der Waals surface area (Å²) < 4.78 is 43.8. The van der Waals surface area contributed by atoms with Crippen LogP contribution in [0.4, 0.5) is 13.2 Å². The Hall–Kier alpha value is -15.6. The average Bonchev–Trinajstić information content (AvgIpc) is 1.45. The standard InChI is InChI=1S/C126H77F3/c1-72-51-55-74(56-52-72)111-87-33-3-9-39-93(87)114(94-40-10-4-34-88(94)111)77-61-66-99-108(69-77)124(104-47-23-17-29-83(104)84-30-18-24-48-105(84)124)121-117(99)120-118(100-67-62-78(70-109(100)123(120)102-45-21-15-27-81(102)82-28-16-22-46-103(82)123)115-95-41-11-5-35-89(95)112(75-57-53-73(2)54-58-75)90-36-6-12-42-96(90)115)122-119(121)101-68-63-79(71-110(101)125(122)106-49-25-19-31-85(106)86-32-20-26-50-107(86)125)116-97-43-13-7-37-91(97)113(92-38-8-14-44-98(92)116)76-59-64-80(65-60-76)126(127,128)129/h3-68,70-71,77H,69H2,1-2H3. The smallest absolute Gasteiger partial charge is 0.166 e. The van der Waals surface area contributed by atoms with Gasteiger partial charge in [-0.15, -0.1) is 0 Å². The van der Waals surface area contributed by atoms with Crippen LogP contribution in [-0.4, -0.2) is 0 Å². The van der Waals surface area contributed by atoms with Gasteiger partial charge in [-0.1, -0.05) is 399 Å². The van der Waals surface area contributed by atoms with Crippen molar-refractivity contribution in [3.63, 3.8) is 0 Å². The molecule has 0 aliphatic heterocycles. The zero-order chi connectivity index (χ0) is 85.2. The van der Waals surface area contributed by atoms with Crippen LogP contribution in [0.3, 0.4) is 0 Å². The van der Waals surface area contributed by atoms with Crippen molar-refractivity contribution in [2.24, 2.45) is 0 Å². The van der Waals surface area contributed by atoms with E-state index in [1.807, 2.05) is 0 Å². The topological polar surface area (TPSA) is 0 Å². The number of aryl methyl sites for hydroxylation is 2. The fraction of sp³-hybridized carbons (Fsp3) is 0.0635. The van der Waals surface area contributed by atoms with Gasteiger partial charge in [0.25, 0.3) is 0 Å². The van der Waals surface area contributed by atoms with E-state index in [1.54, 1.807) is 12.1 Å². The van der Waals surface area contributed by atoms with Crippen molar-refractivity contribution in [3.05, 3.63) is 507 Å². The van der Waals surface area contributed by atoms with Crippen LogP contribution >= 0.6 is 0 Å². The van der Waals surface area contributed by atoms with Gasteiger partial charge in [-0.3, -0.25) is 0 Å². The molecule has 0 nitrogen and oxygen atoms in total. The number of alkyl halides is 3. The summed E-state index contributed by atoms with van der Waals surface area (Å²) in [4.78, 5) is 0. The molecule has 0 radical (unpaired) electrons. The van der Waals surface area contributed by atoms with Crippen molar-refractivity contribution in [3.8, 4) is 111 Å². The van der Waals surface area contributed by atoms with Crippen LogP contribution < -0.4 is 0 Å². The van der Waals surface area contributed by atoms with Crippen molar-refractivity contribution in [1.29, 1.82) is 0 Å². The summed E-state index contributed by atoms with van der Waals surface area (Å²) >= 11 is 0. The second-order valence-corrected chi connectivity index (χ2v) is 36.7. The minimum Gasteiger partial charge on any atom is -0.166 e. The molecule has 0 amide bonds. The maximum absolute atomic E-state index is 14.6. The highest BCUT2D eigenvalue weighted by Crippen LogP contribution is 2.78. The Bertz CT molecular complexity index is 8390. The molecule has 0 saturated carbocycles. The SMILES string of the molecule is Cc1ccc(-c2c3ccccc3c(-c3ccc4c(c3)C3(c5ccccc5-c5ccccc53)c3c5c(c6c(c3-4)C3(c4ccccc4-c4ccccc43)c3cc(-c4c7ccccc7c(-c7ccc(C(F)(F)F)cc7)c7ccccc47)ccc3-6)C3(C4=C5C=CC(c5c6ccccc6c(-c6ccc(C)cc6)c6ccccc56)C4)c4ccccc4-c4ccccc43)c3ccccc23)cc1. The largest absolute Gasteiger partial charge is 0.416 e. The molecule has 21 aromatic carbocycles. The Labute approximate surface area is 745 Å². The fourth-order valence-corrected chi connectivity index (χ4v) is 26.1. The molecular weight excluding hydrogens is 1570 g/mol. The number of benzene rings is 21. The van der Waals surface area contributed by atoms with E-state index in [1.165, 1.54) is 233 Å². The van der Waals surface area contributed by atoms with E-state index in [0.717, 1.165) is 49.4 Å². The predicted octanol–water partition coefficient (Wildman–Crippen LogP) is 33.1. The van der Waals surface area contributed by atoms with Crippen LogP contribution in [0.1, 0.15) is 101 Å². The molecule has 0 bridgehead atoms. The van der Waals surface area contributed by atoms with E-state index < -0.39 is 28.0 Å². The van der Waals surface area contributed by atoms with E-state index in [-0.39, 0.29) is 5.92 Å². The highest BCUT2D eigenvalue weighted by Gasteiger charge is 2.65. The van der Waals surface area contributed by atoms with Crippen molar-refractivity contribution < 1.29 is 13.2 Å². The minimum atomic E-state index is -4.50. The van der Waals surface area contributed by atoms with E-state index >= 15 is 0 Å². The molecular formula is C126H77F3. The lowest BCUT2D eigenvalue weighted by Crippen LogP contribution is -2.32. The minimum absolute atomic E-state index is 0.0911. The number of rotatable bonds is 6. The Morgan fingerprint density at radius 3 is 0.814 bits per heavy atom. The van der Waals surface area contributed by atoms with Gasteiger partial charge >= 0.3 is 6.18 Å². The molecule has 3 heteroatoms. The van der Waals surface area contributed by atoms with Gasteiger partial charge in [0.05, 0.1) is 21.8 Å². The summed E-state index contributed by atoms with van der Waals surface area (Å²) in [5.74, 6) is -0.0911. The predicted molar refractivity (Wildman–Crippen MR) is 527 cm³/mol. The van der Waals surface area contributed by atoms with Gasteiger partial charge in [0.2, 0.25) is 0 Å². The van der Waals surface area contributed by atoms with Crippen LogP contribution in [0, 0.1) is 13.8 Å². The summed E-state index contributed by atoms with van der Waals surface area (Å²) in [6, 6.07) is 150. The average molecular weight is 1650 g/mol. The lowest BCUT2D eigenvalue weighted by atomic mass is 9.62. The third kappa shape index (κ3) is 9.33. The molecule has 602 valence electrons. The van der Waals surface area contributed by atoms with Crippen LogP contribution in [-0.2, 0) is 22.4 Å². The first-order chi connectivity index (χ1) is 63.5. The van der Waals surface area contributed by atoms with E-state index in [0.29, 0.717) is 6.42 Å². The Morgan fingerprint density at radius 2 is 0.488 bits per heavy atom. The molecule has 129 heavy (non-hydrogen) atoms.